The van der Waals surface area contributed by atoms with E-state index >= 15 is 0 Å². The Hall–Kier alpha value is -2.73. The van der Waals surface area contributed by atoms with Crippen LogP contribution < -0.4 is 10.2 Å². The van der Waals surface area contributed by atoms with Crippen molar-refractivity contribution in [2.45, 2.75) is 6.54 Å². The van der Waals surface area contributed by atoms with Crippen LogP contribution in [0.3, 0.4) is 0 Å². The van der Waals surface area contributed by atoms with Gasteiger partial charge in [0, 0.05) is 30.9 Å². The second-order valence-corrected chi connectivity index (χ2v) is 6.26. The van der Waals surface area contributed by atoms with Crippen LogP contribution in [0.1, 0.15) is 15.9 Å². The summed E-state index contributed by atoms with van der Waals surface area (Å²) in [5, 5.41) is 2.82. The van der Waals surface area contributed by atoms with Crippen molar-refractivity contribution in [1.82, 2.24) is 4.90 Å². The molecule has 6 heteroatoms. The Labute approximate surface area is 147 Å². The van der Waals surface area contributed by atoms with Crippen LogP contribution in [0, 0.1) is 5.82 Å². The molecular formula is C19H23FN3O2+. The minimum atomic E-state index is -0.268. The van der Waals surface area contributed by atoms with Gasteiger partial charge in [0.25, 0.3) is 11.8 Å². The van der Waals surface area contributed by atoms with E-state index in [2.05, 4.69) is 5.32 Å². The molecule has 132 valence electrons. The summed E-state index contributed by atoms with van der Waals surface area (Å²) in [6, 6.07) is 13.1. The third kappa shape index (κ3) is 5.69. The molecule has 0 aliphatic heterocycles. The van der Waals surface area contributed by atoms with Crippen molar-refractivity contribution in [3.05, 3.63) is 65.5 Å². The van der Waals surface area contributed by atoms with E-state index in [1.165, 1.54) is 17.0 Å². The molecule has 0 aliphatic rings. The standard InChI is InChI=1S/C19H22FN3O2/c1-22(2)19(25)15-6-10-17(11-7-15)21-18(24)13-23(3)12-14-4-8-16(20)9-5-14/h4-11H,12-13H2,1-3H3,(H,21,24)/p+1. The lowest BCUT2D eigenvalue weighted by molar-refractivity contribution is -0.885. The first-order valence-corrected chi connectivity index (χ1v) is 8.02. The Balaban J connectivity index is 1.87. The number of benzene rings is 2. The molecule has 2 N–H and O–H groups in total. The van der Waals surface area contributed by atoms with Crippen LogP contribution in [0.15, 0.2) is 48.5 Å². The lowest BCUT2D eigenvalue weighted by Gasteiger charge is -2.14. The van der Waals surface area contributed by atoms with Gasteiger partial charge in [-0.1, -0.05) is 12.1 Å². The first-order chi connectivity index (χ1) is 11.8. The monoisotopic (exact) mass is 344 g/mol. The third-order valence-electron chi connectivity index (χ3n) is 3.70. The number of hydrogen-bond donors (Lipinski definition) is 2. The largest absolute Gasteiger partial charge is 0.345 e. The fraction of sp³-hybridized carbons (Fsp3) is 0.263. The molecule has 1 atom stereocenters. The van der Waals surface area contributed by atoms with E-state index in [1.54, 1.807) is 50.5 Å². The zero-order chi connectivity index (χ0) is 18.4. The molecule has 0 radical (unpaired) electrons. The normalized spacial score (nSPS) is 11.7. The van der Waals surface area contributed by atoms with E-state index in [9.17, 15) is 14.0 Å². The first-order valence-electron chi connectivity index (χ1n) is 8.02. The Bertz CT molecular complexity index is 727. The van der Waals surface area contributed by atoms with E-state index in [0.29, 0.717) is 17.8 Å². The van der Waals surface area contributed by atoms with Crippen molar-refractivity contribution in [1.29, 1.82) is 0 Å². The molecule has 5 nitrogen and oxygen atoms in total. The molecule has 2 rings (SSSR count). The van der Waals surface area contributed by atoms with Crippen molar-refractivity contribution in [3.63, 3.8) is 0 Å². The molecule has 1 unspecified atom stereocenters. The van der Waals surface area contributed by atoms with Crippen LogP contribution >= 0.6 is 0 Å². The minimum Gasteiger partial charge on any atom is -0.345 e. The van der Waals surface area contributed by atoms with Gasteiger partial charge in [-0.25, -0.2) is 4.39 Å². The number of nitrogens with one attached hydrogen (secondary N) is 2. The number of carbonyl (C=O) groups is 2. The molecule has 25 heavy (non-hydrogen) atoms. The molecule has 0 saturated heterocycles. The van der Waals surface area contributed by atoms with Crippen LogP contribution in [-0.4, -0.2) is 44.4 Å². The number of likely N-dealkylation sites (N-methyl/N-ethyl adjacent to an activating group) is 1. The minimum absolute atomic E-state index is 0.0821. The highest BCUT2D eigenvalue weighted by atomic mass is 19.1. The topological polar surface area (TPSA) is 53.9 Å². The maximum Gasteiger partial charge on any atom is 0.279 e. The van der Waals surface area contributed by atoms with Crippen LogP contribution in [0.4, 0.5) is 10.1 Å². The van der Waals surface area contributed by atoms with Crippen LogP contribution in [0.2, 0.25) is 0 Å². The van der Waals surface area contributed by atoms with Crippen molar-refractivity contribution < 1.29 is 18.9 Å². The Morgan fingerprint density at radius 3 is 2.20 bits per heavy atom. The van der Waals surface area contributed by atoms with E-state index in [0.717, 1.165) is 10.5 Å². The zero-order valence-electron chi connectivity index (χ0n) is 14.7. The summed E-state index contributed by atoms with van der Waals surface area (Å²) >= 11 is 0. The molecule has 0 heterocycles. The second-order valence-electron chi connectivity index (χ2n) is 6.26. The number of quaternary nitrogens is 1. The summed E-state index contributed by atoms with van der Waals surface area (Å²) in [5.74, 6) is -0.469. The molecule has 0 bridgehead atoms. The summed E-state index contributed by atoms with van der Waals surface area (Å²) in [5.41, 5.74) is 2.19. The summed E-state index contributed by atoms with van der Waals surface area (Å²) in [7, 11) is 5.29. The molecule has 0 aliphatic carbocycles. The summed E-state index contributed by atoms with van der Waals surface area (Å²) in [6.45, 7) is 0.916. The lowest BCUT2D eigenvalue weighted by atomic mass is 10.2. The average Bonchev–Trinajstić information content (AvgIpc) is 2.56. The molecule has 0 aromatic heterocycles. The number of amides is 2. The molecule has 0 spiro atoms. The first kappa shape index (κ1) is 18.6. The third-order valence-corrected chi connectivity index (χ3v) is 3.70. The Kier molecular flexibility index (Phi) is 6.25. The molecule has 2 amide bonds. The van der Waals surface area contributed by atoms with Gasteiger partial charge in [0.2, 0.25) is 0 Å². The number of rotatable bonds is 6. The highest BCUT2D eigenvalue weighted by molar-refractivity contribution is 5.95. The van der Waals surface area contributed by atoms with Gasteiger partial charge in [-0.2, -0.15) is 0 Å². The zero-order valence-corrected chi connectivity index (χ0v) is 14.7. The summed E-state index contributed by atoms with van der Waals surface area (Å²) in [6.07, 6.45) is 0. The number of carbonyl (C=O) groups excluding carboxylic acids is 2. The summed E-state index contributed by atoms with van der Waals surface area (Å²) < 4.78 is 12.9. The maximum atomic E-state index is 12.9. The van der Waals surface area contributed by atoms with E-state index in [1.807, 2.05) is 7.05 Å². The van der Waals surface area contributed by atoms with Gasteiger partial charge in [0.1, 0.15) is 12.4 Å². The van der Waals surface area contributed by atoms with Crippen molar-refractivity contribution >= 4 is 17.5 Å². The molecular weight excluding hydrogens is 321 g/mol. The number of nitrogens with zero attached hydrogens (tertiary/aromatic N) is 1. The fourth-order valence-electron chi connectivity index (χ4n) is 2.45. The van der Waals surface area contributed by atoms with E-state index in [4.69, 9.17) is 0 Å². The van der Waals surface area contributed by atoms with Crippen molar-refractivity contribution in [2.75, 3.05) is 33.0 Å². The number of hydrogen-bond acceptors (Lipinski definition) is 2. The molecule has 0 fully saturated rings. The Morgan fingerprint density at radius 1 is 1.04 bits per heavy atom. The van der Waals surface area contributed by atoms with Gasteiger partial charge >= 0.3 is 0 Å². The van der Waals surface area contributed by atoms with Crippen molar-refractivity contribution in [3.8, 4) is 0 Å². The lowest BCUT2D eigenvalue weighted by Crippen LogP contribution is -3.08. The smallest absolute Gasteiger partial charge is 0.279 e. The van der Waals surface area contributed by atoms with Gasteiger partial charge in [0.15, 0.2) is 6.54 Å². The van der Waals surface area contributed by atoms with E-state index < -0.39 is 0 Å². The number of anilines is 1. The van der Waals surface area contributed by atoms with Gasteiger partial charge in [-0.15, -0.1) is 0 Å². The summed E-state index contributed by atoms with van der Waals surface area (Å²) in [4.78, 5) is 26.4. The fourth-order valence-corrected chi connectivity index (χ4v) is 2.45. The quantitative estimate of drug-likeness (QED) is 0.827. The van der Waals surface area contributed by atoms with Crippen LogP contribution in [-0.2, 0) is 11.3 Å². The second kappa shape index (κ2) is 8.39. The van der Waals surface area contributed by atoms with E-state index in [-0.39, 0.29) is 24.2 Å². The average molecular weight is 344 g/mol. The molecule has 2 aromatic rings. The van der Waals surface area contributed by atoms with Gasteiger partial charge in [-0.3, -0.25) is 9.59 Å². The molecule has 2 aromatic carbocycles. The number of halogens is 1. The van der Waals surface area contributed by atoms with Gasteiger partial charge in [-0.05, 0) is 36.4 Å². The van der Waals surface area contributed by atoms with Gasteiger partial charge in [0.05, 0.1) is 7.05 Å². The highest BCUT2D eigenvalue weighted by Gasteiger charge is 2.12. The highest BCUT2D eigenvalue weighted by Crippen LogP contribution is 2.10. The van der Waals surface area contributed by atoms with Crippen LogP contribution in [0.5, 0.6) is 0 Å². The van der Waals surface area contributed by atoms with Gasteiger partial charge < -0.3 is 15.1 Å². The van der Waals surface area contributed by atoms with Crippen molar-refractivity contribution in [2.24, 2.45) is 0 Å². The predicted octanol–water partition coefficient (Wildman–Crippen LogP) is 1.18. The SMILES string of the molecule is CN(C)C(=O)c1ccc(NC(=O)C[NH+](C)Cc2ccc(F)cc2)cc1. The van der Waals surface area contributed by atoms with Crippen LogP contribution in [0.25, 0.3) is 0 Å². The molecule has 0 saturated carbocycles. The predicted molar refractivity (Wildman–Crippen MR) is 94.9 cm³/mol. The Morgan fingerprint density at radius 2 is 1.64 bits per heavy atom. The maximum absolute atomic E-state index is 12.9.